The Bertz CT molecular complexity index is 922. The molecule has 3 N–H and O–H groups in total. The number of carboxylic acid groups (broad SMARTS) is 1. The van der Waals surface area contributed by atoms with Gasteiger partial charge in [-0.2, -0.15) is 0 Å². The molecule has 1 heterocycles. The normalized spacial score (nSPS) is 12.8. The third-order valence-corrected chi connectivity index (χ3v) is 4.21. The molecule has 0 bridgehead atoms. The molecule has 0 aliphatic carbocycles. The standard InChI is InChI=1S/C19H22N2O7/c1-3-11(2)18(19(25)26)21-15(22)9-20-16(23)10-27-13-6-4-12-5-7-17(24)28-14(12)8-13/h4-8,11,18H,3,9-10H2,1-2H3,(H,20,23)(H,21,22)(H,25,26)/t11-,18-/m1/s1. The van der Waals surface area contributed by atoms with Crippen LogP contribution in [0.5, 0.6) is 5.75 Å². The van der Waals surface area contributed by atoms with Crippen molar-refractivity contribution in [3.63, 3.8) is 0 Å². The molecular weight excluding hydrogens is 368 g/mol. The number of aliphatic carboxylic acids is 1. The van der Waals surface area contributed by atoms with E-state index in [4.69, 9.17) is 14.3 Å². The summed E-state index contributed by atoms with van der Waals surface area (Å²) in [6.07, 6.45) is 0.587. The quantitative estimate of drug-likeness (QED) is 0.542. The molecule has 28 heavy (non-hydrogen) atoms. The Balaban J connectivity index is 1.83. The van der Waals surface area contributed by atoms with Crippen molar-refractivity contribution in [3.05, 3.63) is 40.8 Å². The summed E-state index contributed by atoms with van der Waals surface area (Å²) < 4.78 is 10.4. The molecule has 150 valence electrons. The van der Waals surface area contributed by atoms with Gasteiger partial charge in [-0.25, -0.2) is 9.59 Å². The molecule has 2 rings (SSSR count). The van der Waals surface area contributed by atoms with Crippen molar-refractivity contribution in [2.24, 2.45) is 5.92 Å². The van der Waals surface area contributed by atoms with Crippen LogP contribution in [0.2, 0.25) is 0 Å². The average Bonchev–Trinajstić information content (AvgIpc) is 2.67. The summed E-state index contributed by atoms with van der Waals surface area (Å²) in [7, 11) is 0. The van der Waals surface area contributed by atoms with Crippen molar-refractivity contribution in [1.82, 2.24) is 10.6 Å². The predicted molar refractivity (Wildman–Crippen MR) is 100 cm³/mol. The Labute approximate surface area is 160 Å². The van der Waals surface area contributed by atoms with Gasteiger partial charge in [-0.05, 0) is 24.1 Å². The first-order valence-corrected chi connectivity index (χ1v) is 8.75. The van der Waals surface area contributed by atoms with Crippen molar-refractivity contribution in [1.29, 1.82) is 0 Å². The lowest BCUT2D eigenvalue weighted by Gasteiger charge is -2.20. The first kappa shape index (κ1) is 20.9. The lowest BCUT2D eigenvalue weighted by atomic mass is 9.99. The number of benzene rings is 1. The Morgan fingerprint density at radius 2 is 1.89 bits per heavy atom. The summed E-state index contributed by atoms with van der Waals surface area (Å²) in [6.45, 7) is 2.82. The van der Waals surface area contributed by atoms with E-state index in [1.165, 1.54) is 12.1 Å². The van der Waals surface area contributed by atoms with Crippen LogP contribution in [0.1, 0.15) is 20.3 Å². The summed E-state index contributed by atoms with van der Waals surface area (Å²) in [5, 5.41) is 14.6. The van der Waals surface area contributed by atoms with E-state index in [0.717, 1.165) is 0 Å². The lowest BCUT2D eigenvalue weighted by molar-refractivity contribution is -0.143. The van der Waals surface area contributed by atoms with Crippen molar-refractivity contribution in [3.8, 4) is 5.75 Å². The van der Waals surface area contributed by atoms with Gasteiger partial charge in [0.05, 0.1) is 6.54 Å². The molecule has 0 spiro atoms. The molecule has 2 amide bonds. The van der Waals surface area contributed by atoms with Crippen LogP contribution in [0.4, 0.5) is 0 Å². The fourth-order valence-corrected chi connectivity index (χ4v) is 2.42. The van der Waals surface area contributed by atoms with Gasteiger partial charge in [-0.15, -0.1) is 0 Å². The fraction of sp³-hybridized carbons (Fsp3) is 0.368. The maximum atomic E-state index is 11.9. The van der Waals surface area contributed by atoms with Crippen LogP contribution in [-0.2, 0) is 14.4 Å². The van der Waals surface area contributed by atoms with Crippen molar-refractivity contribution in [2.45, 2.75) is 26.3 Å². The second-order valence-electron chi connectivity index (χ2n) is 6.29. The number of amides is 2. The minimum atomic E-state index is -1.12. The molecule has 0 radical (unpaired) electrons. The van der Waals surface area contributed by atoms with Crippen LogP contribution in [-0.4, -0.2) is 42.1 Å². The average molecular weight is 390 g/mol. The second-order valence-corrected chi connectivity index (χ2v) is 6.29. The molecule has 0 unspecified atom stereocenters. The van der Waals surface area contributed by atoms with Gasteiger partial charge in [0.2, 0.25) is 5.91 Å². The number of carbonyl (C=O) groups is 3. The van der Waals surface area contributed by atoms with Gasteiger partial charge < -0.3 is 24.9 Å². The highest BCUT2D eigenvalue weighted by atomic mass is 16.5. The fourth-order valence-electron chi connectivity index (χ4n) is 2.42. The Morgan fingerprint density at radius 1 is 1.18 bits per heavy atom. The zero-order valence-corrected chi connectivity index (χ0v) is 15.6. The first-order chi connectivity index (χ1) is 13.3. The number of hydrogen-bond acceptors (Lipinski definition) is 6. The minimum Gasteiger partial charge on any atom is -0.484 e. The minimum absolute atomic E-state index is 0.242. The molecule has 0 fully saturated rings. The largest absolute Gasteiger partial charge is 0.484 e. The second kappa shape index (κ2) is 9.54. The van der Waals surface area contributed by atoms with E-state index in [1.54, 1.807) is 25.1 Å². The summed E-state index contributed by atoms with van der Waals surface area (Å²) >= 11 is 0. The highest BCUT2D eigenvalue weighted by Gasteiger charge is 2.25. The maximum absolute atomic E-state index is 11.9. The molecule has 9 heteroatoms. The van der Waals surface area contributed by atoms with Crippen LogP contribution in [0.15, 0.2) is 39.5 Å². The van der Waals surface area contributed by atoms with Crippen LogP contribution in [0.25, 0.3) is 11.0 Å². The van der Waals surface area contributed by atoms with Gasteiger partial charge in [0.25, 0.3) is 5.91 Å². The number of fused-ring (bicyclic) bond motifs is 1. The number of ether oxygens (including phenoxy) is 1. The number of hydrogen-bond donors (Lipinski definition) is 3. The highest BCUT2D eigenvalue weighted by molar-refractivity contribution is 5.88. The number of nitrogens with one attached hydrogen (secondary N) is 2. The van der Waals surface area contributed by atoms with E-state index in [2.05, 4.69) is 10.6 Å². The predicted octanol–water partition coefficient (Wildman–Crippen LogP) is 0.903. The van der Waals surface area contributed by atoms with Crippen LogP contribution in [0.3, 0.4) is 0 Å². The zero-order valence-electron chi connectivity index (χ0n) is 15.6. The number of carboxylic acids is 1. The molecule has 0 saturated carbocycles. The molecule has 2 aromatic rings. The number of carbonyl (C=O) groups excluding carboxylic acids is 2. The molecule has 0 saturated heterocycles. The SMILES string of the molecule is CC[C@@H](C)[C@@H](NC(=O)CNC(=O)COc1ccc2ccc(=O)oc2c1)C(=O)O. The van der Waals surface area contributed by atoms with E-state index in [9.17, 15) is 19.2 Å². The van der Waals surface area contributed by atoms with Crippen molar-refractivity contribution in [2.75, 3.05) is 13.2 Å². The van der Waals surface area contributed by atoms with Crippen molar-refractivity contribution >= 4 is 28.8 Å². The molecular formula is C19H22N2O7. The summed E-state index contributed by atoms with van der Waals surface area (Å²) in [5.74, 6) is -2.20. The van der Waals surface area contributed by atoms with Crippen LogP contribution >= 0.6 is 0 Å². The molecule has 0 aliphatic rings. The summed E-state index contributed by atoms with van der Waals surface area (Å²) in [5.41, 5.74) is -0.167. The van der Waals surface area contributed by atoms with Gasteiger partial charge in [0, 0.05) is 17.5 Å². The molecule has 2 atom stereocenters. The molecule has 0 aliphatic heterocycles. The van der Waals surface area contributed by atoms with Gasteiger partial charge in [-0.3, -0.25) is 9.59 Å². The Kier molecular flexibility index (Phi) is 7.14. The van der Waals surface area contributed by atoms with Gasteiger partial charge in [-0.1, -0.05) is 20.3 Å². The maximum Gasteiger partial charge on any atom is 0.336 e. The zero-order chi connectivity index (χ0) is 20.7. The Hall–Kier alpha value is -3.36. The lowest BCUT2D eigenvalue weighted by Crippen LogP contribution is -2.48. The smallest absolute Gasteiger partial charge is 0.336 e. The first-order valence-electron chi connectivity index (χ1n) is 8.75. The number of rotatable bonds is 9. The molecule has 1 aromatic heterocycles. The molecule has 1 aromatic carbocycles. The van der Waals surface area contributed by atoms with E-state index >= 15 is 0 Å². The van der Waals surface area contributed by atoms with E-state index in [-0.39, 0.29) is 19.1 Å². The highest BCUT2D eigenvalue weighted by Crippen LogP contribution is 2.19. The van der Waals surface area contributed by atoms with Gasteiger partial charge >= 0.3 is 11.6 Å². The monoisotopic (exact) mass is 390 g/mol. The van der Waals surface area contributed by atoms with Crippen molar-refractivity contribution < 1.29 is 28.6 Å². The van der Waals surface area contributed by atoms with Crippen LogP contribution in [0, 0.1) is 5.92 Å². The van der Waals surface area contributed by atoms with Gasteiger partial charge in [0.15, 0.2) is 6.61 Å². The molecule has 9 nitrogen and oxygen atoms in total. The summed E-state index contributed by atoms with van der Waals surface area (Å²) in [6, 6.07) is 6.68. The topological polar surface area (TPSA) is 135 Å². The summed E-state index contributed by atoms with van der Waals surface area (Å²) in [4.78, 5) is 46.1. The van der Waals surface area contributed by atoms with Gasteiger partial charge in [0.1, 0.15) is 17.4 Å². The third-order valence-electron chi connectivity index (χ3n) is 4.21. The third kappa shape index (κ3) is 5.83. The van der Waals surface area contributed by atoms with E-state index in [0.29, 0.717) is 23.1 Å². The van der Waals surface area contributed by atoms with E-state index in [1.807, 2.05) is 6.92 Å². The Morgan fingerprint density at radius 3 is 2.57 bits per heavy atom. The van der Waals surface area contributed by atoms with E-state index < -0.39 is 29.5 Å². The van der Waals surface area contributed by atoms with Crippen LogP contribution < -0.4 is 21.0 Å².